The van der Waals surface area contributed by atoms with Crippen molar-refractivity contribution < 1.29 is 13.9 Å². The fourth-order valence-electron chi connectivity index (χ4n) is 4.09. The van der Waals surface area contributed by atoms with Gasteiger partial charge in [0, 0.05) is 19.9 Å². The molecular formula is C23H30ClFN4O2. The van der Waals surface area contributed by atoms with Gasteiger partial charge in [0.25, 0.3) is 0 Å². The molecule has 168 valence electrons. The molecule has 0 spiro atoms. The second-order valence-corrected chi connectivity index (χ2v) is 8.41. The van der Waals surface area contributed by atoms with Crippen LogP contribution in [0.4, 0.5) is 10.1 Å². The first-order chi connectivity index (χ1) is 14.5. The molecule has 2 aromatic rings. The lowest BCUT2D eigenvalue weighted by molar-refractivity contribution is -0.118. The van der Waals surface area contributed by atoms with Gasteiger partial charge in [-0.25, -0.2) is 4.39 Å². The fourth-order valence-corrected chi connectivity index (χ4v) is 4.09. The number of anilines is 1. The number of ether oxygens (including phenoxy) is 1. The summed E-state index contributed by atoms with van der Waals surface area (Å²) in [5, 5.41) is 5.84. The highest BCUT2D eigenvalue weighted by atomic mass is 35.5. The molecule has 6 nitrogen and oxygen atoms in total. The summed E-state index contributed by atoms with van der Waals surface area (Å²) < 4.78 is 19.8. The lowest BCUT2D eigenvalue weighted by Gasteiger charge is -2.30. The first-order valence-electron chi connectivity index (χ1n) is 10.6. The summed E-state index contributed by atoms with van der Waals surface area (Å²) in [5.41, 5.74) is 7.68. The van der Waals surface area contributed by atoms with Crippen LogP contribution in [-0.4, -0.2) is 36.7 Å². The summed E-state index contributed by atoms with van der Waals surface area (Å²) in [7, 11) is 1.62. The maximum Gasteiger partial charge on any atom is 0.241 e. The molecule has 2 fully saturated rings. The van der Waals surface area contributed by atoms with E-state index in [1.807, 2.05) is 18.2 Å². The van der Waals surface area contributed by atoms with Gasteiger partial charge in [-0.2, -0.15) is 0 Å². The monoisotopic (exact) mass is 448 g/mol. The number of nitrogens with two attached hydrogens (primary N) is 1. The minimum absolute atomic E-state index is 0. The van der Waals surface area contributed by atoms with Gasteiger partial charge in [0.2, 0.25) is 5.91 Å². The molecule has 1 aromatic heterocycles. The van der Waals surface area contributed by atoms with Gasteiger partial charge in [-0.05, 0) is 55.0 Å². The second-order valence-electron chi connectivity index (χ2n) is 8.41. The van der Waals surface area contributed by atoms with Gasteiger partial charge in [-0.15, -0.1) is 12.4 Å². The van der Waals surface area contributed by atoms with E-state index in [9.17, 15) is 9.18 Å². The molecular weight excluding hydrogens is 419 g/mol. The standard InChI is InChI=1S/C23H29FN4O2.ClH/c1-30-17-13-20(27-14-17)22(29)28-19-12-16(7-8-18(19)24)23(25,10-9-15-5-6-15)21-4-2-3-11-26-21;/h2-4,7-8,11-12,15,17,20,27H,5-6,9-10,13-14,25H2,1H3,(H,28,29);1H/t17-,20-,23?;/m1./s1. The van der Waals surface area contributed by atoms with Crippen LogP contribution in [0.25, 0.3) is 0 Å². The normalized spacial score (nSPS) is 22.4. The zero-order valence-corrected chi connectivity index (χ0v) is 18.5. The highest BCUT2D eigenvalue weighted by molar-refractivity contribution is 5.95. The summed E-state index contributed by atoms with van der Waals surface area (Å²) >= 11 is 0. The number of amides is 1. The highest BCUT2D eigenvalue weighted by Crippen LogP contribution is 2.40. The van der Waals surface area contributed by atoms with Gasteiger partial charge in [0.1, 0.15) is 5.82 Å². The number of hydrogen-bond donors (Lipinski definition) is 3. The largest absolute Gasteiger partial charge is 0.380 e. The molecule has 2 aliphatic rings. The predicted molar refractivity (Wildman–Crippen MR) is 121 cm³/mol. The molecule has 1 aliphatic carbocycles. The van der Waals surface area contributed by atoms with Crippen molar-refractivity contribution in [2.45, 2.75) is 49.8 Å². The van der Waals surface area contributed by atoms with Crippen molar-refractivity contribution in [3.05, 3.63) is 59.7 Å². The van der Waals surface area contributed by atoms with E-state index >= 15 is 0 Å². The number of carbonyl (C=O) groups excluding carboxylic acids is 1. The second kappa shape index (κ2) is 10.0. The summed E-state index contributed by atoms with van der Waals surface area (Å²) in [5.74, 6) is -0.0542. The van der Waals surface area contributed by atoms with Crippen molar-refractivity contribution in [1.82, 2.24) is 10.3 Å². The third kappa shape index (κ3) is 5.41. The van der Waals surface area contributed by atoms with Crippen LogP contribution in [-0.2, 0) is 15.1 Å². The van der Waals surface area contributed by atoms with Crippen molar-refractivity contribution in [2.75, 3.05) is 19.0 Å². The number of carbonyl (C=O) groups is 1. The molecule has 1 saturated heterocycles. The van der Waals surface area contributed by atoms with Crippen LogP contribution in [0.5, 0.6) is 0 Å². The number of hydrogen-bond acceptors (Lipinski definition) is 5. The smallest absolute Gasteiger partial charge is 0.241 e. The SMILES string of the molecule is CO[C@H]1CN[C@@H](C(=O)Nc2cc(C(N)(CCC3CC3)c3ccccn3)ccc2F)C1.Cl. The maximum absolute atomic E-state index is 14.6. The summed E-state index contributed by atoms with van der Waals surface area (Å²) in [6, 6.07) is 9.97. The Kier molecular flexibility index (Phi) is 7.64. The lowest BCUT2D eigenvalue weighted by atomic mass is 9.82. The van der Waals surface area contributed by atoms with E-state index in [1.165, 1.54) is 18.9 Å². The van der Waals surface area contributed by atoms with Gasteiger partial charge in [0.15, 0.2) is 0 Å². The Balaban J connectivity index is 0.00000272. The number of rotatable bonds is 8. The number of pyridine rings is 1. The quantitative estimate of drug-likeness (QED) is 0.576. The van der Waals surface area contributed by atoms with Crippen molar-refractivity contribution in [3.8, 4) is 0 Å². The van der Waals surface area contributed by atoms with Crippen molar-refractivity contribution >= 4 is 24.0 Å². The number of nitrogens with zero attached hydrogens (tertiary/aromatic N) is 1. The number of halogens is 2. The minimum Gasteiger partial charge on any atom is -0.380 e. The van der Waals surface area contributed by atoms with Crippen molar-refractivity contribution in [1.29, 1.82) is 0 Å². The zero-order chi connectivity index (χ0) is 21.1. The van der Waals surface area contributed by atoms with Crippen LogP contribution in [0.3, 0.4) is 0 Å². The van der Waals surface area contributed by atoms with E-state index in [2.05, 4.69) is 15.6 Å². The molecule has 0 bridgehead atoms. The van der Waals surface area contributed by atoms with Crippen LogP contribution in [0, 0.1) is 11.7 Å². The van der Waals surface area contributed by atoms with E-state index in [-0.39, 0.29) is 30.1 Å². The molecule has 1 aliphatic heterocycles. The molecule has 0 radical (unpaired) electrons. The number of benzene rings is 1. The van der Waals surface area contributed by atoms with Crippen LogP contribution in [0.1, 0.15) is 43.4 Å². The third-order valence-corrected chi connectivity index (χ3v) is 6.25. The predicted octanol–water partition coefficient (Wildman–Crippen LogP) is 3.35. The third-order valence-electron chi connectivity index (χ3n) is 6.25. The van der Waals surface area contributed by atoms with E-state index in [0.29, 0.717) is 25.3 Å². The average molecular weight is 449 g/mol. The van der Waals surface area contributed by atoms with Gasteiger partial charge in [-0.3, -0.25) is 9.78 Å². The summed E-state index contributed by atoms with van der Waals surface area (Å²) in [4.78, 5) is 17.1. The molecule has 1 amide bonds. The van der Waals surface area contributed by atoms with Gasteiger partial charge in [-0.1, -0.05) is 25.0 Å². The minimum atomic E-state index is -0.843. The number of methoxy groups -OCH3 is 1. The van der Waals surface area contributed by atoms with E-state index in [1.54, 1.807) is 25.4 Å². The van der Waals surface area contributed by atoms with E-state index in [0.717, 1.165) is 17.7 Å². The Hall–Kier alpha value is -2.06. The van der Waals surface area contributed by atoms with Gasteiger partial charge in [0.05, 0.1) is 29.1 Å². The average Bonchev–Trinajstić information content (AvgIpc) is 3.48. The Morgan fingerprint density at radius 1 is 1.35 bits per heavy atom. The van der Waals surface area contributed by atoms with Gasteiger partial charge < -0.3 is 21.1 Å². The molecule has 2 heterocycles. The van der Waals surface area contributed by atoms with E-state index in [4.69, 9.17) is 10.5 Å². The first kappa shape index (κ1) is 23.6. The highest BCUT2D eigenvalue weighted by Gasteiger charge is 2.35. The van der Waals surface area contributed by atoms with Crippen molar-refractivity contribution in [2.24, 2.45) is 11.7 Å². The molecule has 1 unspecified atom stereocenters. The Labute approximate surface area is 188 Å². The molecule has 4 rings (SSSR count). The Morgan fingerprint density at radius 2 is 2.16 bits per heavy atom. The first-order valence-corrected chi connectivity index (χ1v) is 10.6. The van der Waals surface area contributed by atoms with Crippen LogP contribution < -0.4 is 16.4 Å². The maximum atomic E-state index is 14.6. The van der Waals surface area contributed by atoms with Crippen LogP contribution in [0.15, 0.2) is 42.6 Å². The van der Waals surface area contributed by atoms with E-state index < -0.39 is 17.4 Å². The molecule has 4 N–H and O–H groups in total. The summed E-state index contributed by atoms with van der Waals surface area (Å²) in [6.45, 7) is 0.601. The Morgan fingerprint density at radius 3 is 2.81 bits per heavy atom. The number of nitrogens with one attached hydrogen (secondary N) is 2. The molecule has 31 heavy (non-hydrogen) atoms. The van der Waals surface area contributed by atoms with Crippen molar-refractivity contribution in [3.63, 3.8) is 0 Å². The molecule has 8 heteroatoms. The fraction of sp³-hybridized carbons (Fsp3) is 0.478. The van der Waals surface area contributed by atoms with Gasteiger partial charge >= 0.3 is 0 Å². The Bertz CT molecular complexity index is 896. The molecule has 3 atom stereocenters. The molecule has 1 aromatic carbocycles. The topological polar surface area (TPSA) is 89.3 Å². The lowest BCUT2D eigenvalue weighted by Crippen LogP contribution is -2.39. The van der Waals surface area contributed by atoms with Crippen LogP contribution in [0.2, 0.25) is 0 Å². The van der Waals surface area contributed by atoms with Crippen LogP contribution >= 0.6 is 12.4 Å². The summed E-state index contributed by atoms with van der Waals surface area (Å²) in [6.07, 6.45) is 6.45. The number of aromatic nitrogens is 1. The molecule has 1 saturated carbocycles. The zero-order valence-electron chi connectivity index (χ0n) is 17.6.